The van der Waals surface area contributed by atoms with Gasteiger partial charge in [0, 0.05) is 13.2 Å². The van der Waals surface area contributed by atoms with E-state index in [-0.39, 0.29) is 0 Å². The molecule has 0 unspecified atom stereocenters. The Morgan fingerprint density at radius 2 is 0.720 bits per heavy atom. The van der Waals surface area contributed by atoms with Crippen LogP contribution in [0.15, 0.2) is 16.9 Å². The van der Waals surface area contributed by atoms with Crippen LogP contribution in [-0.4, -0.2) is 13.2 Å². The van der Waals surface area contributed by atoms with E-state index in [2.05, 4.69) is 5.73 Å². The van der Waals surface area contributed by atoms with Crippen LogP contribution < -0.4 is 0 Å². The van der Waals surface area contributed by atoms with Crippen LogP contribution in [0.25, 0.3) is 0 Å². The summed E-state index contributed by atoms with van der Waals surface area (Å²) < 4.78 is 5.78. The summed E-state index contributed by atoms with van der Waals surface area (Å²) in [5.74, 6) is 0. The molecule has 2 aliphatic rings. The van der Waals surface area contributed by atoms with E-state index in [1.54, 1.807) is 11.1 Å². The molecule has 0 saturated carbocycles. The van der Waals surface area contributed by atoms with E-state index in [1.165, 1.54) is 122 Å². The highest BCUT2D eigenvalue weighted by Gasteiger charge is 2.05. The van der Waals surface area contributed by atoms with Gasteiger partial charge in [-0.25, -0.2) is 0 Å². The van der Waals surface area contributed by atoms with Crippen molar-refractivity contribution in [2.45, 2.75) is 122 Å². The minimum absolute atomic E-state index is 0.972. The second-order valence-electron chi connectivity index (χ2n) is 8.25. The Morgan fingerprint density at radius 1 is 0.400 bits per heavy atom. The van der Waals surface area contributed by atoms with E-state index in [4.69, 9.17) is 4.74 Å². The molecule has 0 saturated heterocycles. The predicted octanol–water partition coefficient (Wildman–Crippen LogP) is 7.89. The molecule has 1 heteroatoms. The zero-order valence-corrected chi connectivity index (χ0v) is 16.8. The highest BCUT2D eigenvalue weighted by molar-refractivity contribution is 5.10. The van der Waals surface area contributed by atoms with Crippen molar-refractivity contribution in [3.63, 3.8) is 0 Å². The molecule has 0 radical (unpaired) electrons. The summed E-state index contributed by atoms with van der Waals surface area (Å²) in [4.78, 5) is 0. The topological polar surface area (TPSA) is 9.23 Å². The first-order chi connectivity index (χ1) is 12.4. The van der Waals surface area contributed by atoms with Gasteiger partial charge in [-0.15, -0.1) is 5.73 Å². The largest absolute Gasteiger partial charge is 0.381 e. The fourth-order valence-electron chi connectivity index (χ4n) is 4.20. The normalized spacial score (nSPS) is 24.3. The summed E-state index contributed by atoms with van der Waals surface area (Å²) >= 11 is 0. The maximum atomic E-state index is 5.78. The molecule has 1 aliphatic carbocycles. The molecule has 0 fully saturated rings. The Kier molecular flexibility index (Phi) is 12.2. The lowest BCUT2D eigenvalue weighted by atomic mass is 9.95. The van der Waals surface area contributed by atoms with Gasteiger partial charge in [-0.05, 0) is 75.4 Å². The number of ether oxygens (including phenoxy) is 1. The molecule has 0 aromatic heterocycles. The third-order valence-electron chi connectivity index (χ3n) is 5.85. The number of allylic oxidation sites excluding steroid dienone is 1. The van der Waals surface area contributed by atoms with Gasteiger partial charge >= 0.3 is 0 Å². The van der Waals surface area contributed by atoms with Gasteiger partial charge in [-0.2, -0.15) is 0 Å². The Balaban J connectivity index is 2.01. The van der Waals surface area contributed by atoms with E-state index in [1.807, 2.05) is 0 Å². The van der Waals surface area contributed by atoms with Gasteiger partial charge in [0.1, 0.15) is 0 Å². The number of hydrogen-bond donors (Lipinski definition) is 0. The summed E-state index contributed by atoms with van der Waals surface area (Å²) in [6, 6.07) is 0. The van der Waals surface area contributed by atoms with Crippen LogP contribution in [-0.2, 0) is 4.74 Å². The van der Waals surface area contributed by atoms with E-state index in [0.717, 1.165) is 13.2 Å². The standard InChI is InChI=1S/C24H42O/c1-2-4-6-10-16-23-18-12-8-14-20-25-21-15-9-13-19-24(22-23)17-11-7-5-3-1/h1-21H2. The predicted molar refractivity (Wildman–Crippen MR) is 109 cm³/mol. The average Bonchev–Trinajstić information content (AvgIpc) is 2.62. The monoisotopic (exact) mass is 346 g/mol. The van der Waals surface area contributed by atoms with Gasteiger partial charge in [0.25, 0.3) is 0 Å². The molecule has 0 aromatic carbocycles. The van der Waals surface area contributed by atoms with Crippen LogP contribution in [0.4, 0.5) is 0 Å². The molecule has 1 heterocycles. The van der Waals surface area contributed by atoms with Crippen molar-refractivity contribution in [2.75, 3.05) is 13.2 Å². The summed E-state index contributed by atoms with van der Waals surface area (Å²) in [5, 5.41) is 0. The van der Waals surface area contributed by atoms with Crippen molar-refractivity contribution >= 4 is 0 Å². The second kappa shape index (κ2) is 14.6. The highest BCUT2D eigenvalue weighted by atomic mass is 16.5. The fourth-order valence-corrected chi connectivity index (χ4v) is 4.20. The average molecular weight is 347 g/mol. The minimum Gasteiger partial charge on any atom is -0.381 e. The van der Waals surface area contributed by atoms with Crippen molar-refractivity contribution in [3.8, 4) is 0 Å². The fraction of sp³-hybridized carbons (Fsp3) is 0.875. The van der Waals surface area contributed by atoms with Crippen molar-refractivity contribution in [3.05, 3.63) is 16.9 Å². The first-order valence-electron chi connectivity index (χ1n) is 11.5. The lowest BCUT2D eigenvalue weighted by molar-refractivity contribution is 0.126. The first kappa shape index (κ1) is 20.8. The molecule has 2 bridgehead atoms. The Labute approximate surface area is 157 Å². The quantitative estimate of drug-likeness (QED) is 0.405. The smallest absolute Gasteiger partial charge is 0.0466 e. The van der Waals surface area contributed by atoms with Crippen molar-refractivity contribution < 1.29 is 4.74 Å². The van der Waals surface area contributed by atoms with Crippen molar-refractivity contribution in [1.82, 2.24) is 0 Å². The second-order valence-corrected chi connectivity index (χ2v) is 8.25. The molecule has 2 rings (SSSR count). The molecule has 0 N–H and O–H groups in total. The summed E-state index contributed by atoms with van der Waals surface area (Å²) in [6.45, 7) is 1.94. The van der Waals surface area contributed by atoms with Gasteiger partial charge in [0.05, 0.1) is 0 Å². The molecule has 1 nitrogen and oxygen atoms in total. The van der Waals surface area contributed by atoms with E-state index in [9.17, 15) is 0 Å². The Bertz CT molecular complexity index is 327. The number of hydrogen-bond acceptors (Lipinski definition) is 1. The maximum Gasteiger partial charge on any atom is 0.0466 e. The van der Waals surface area contributed by atoms with Crippen LogP contribution >= 0.6 is 0 Å². The molecule has 0 amide bonds. The van der Waals surface area contributed by atoms with Gasteiger partial charge in [0.2, 0.25) is 0 Å². The van der Waals surface area contributed by atoms with Crippen LogP contribution in [0.5, 0.6) is 0 Å². The first-order valence-corrected chi connectivity index (χ1v) is 11.5. The number of rotatable bonds is 0. The van der Waals surface area contributed by atoms with Crippen LogP contribution in [0.2, 0.25) is 0 Å². The molecule has 0 aromatic rings. The molecule has 0 spiro atoms. The Hall–Kier alpha value is -0.520. The third kappa shape index (κ3) is 10.9. The van der Waals surface area contributed by atoms with E-state index < -0.39 is 0 Å². The van der Waals surface area contributed by atoms with Gasteiger partial charge < -0.3 is 4.74 Å². The summed E-state index contributed by atoms with van der Waals surface area (Å²) in [6.07, 6.45) is 25.9. The molecule has 1 aliphatic heterocycles. The van der Waals surface area contributed by atoms with Crippen LogP contribution in [0.3, 0.4) is 0 Å². The molecule has 144 valence electrons. The lowest BCUT2D eigenvalue weighted by Crippen LogP contribution is -1.98. The zero-order chi connectivity index (χ0) is 17.4. The van der Waals surface area contributed by atoms with E-state index >= 15 is 0 Å². The van der Waals surface area contributed by atoms with Gasteiger partial charge in [-0.1, -0.05) is 57.8 Å². The third-order valence-corrected chi connectivity index (χ3v) is 5.85. The summed E-state index contributed by atoms with van der Waals surface area (Å²) in [7, 11) is 0. The molecular formula is C24H42O. The minimum atomic E-state index is 0.972. The zero-order valence-electron chi connectivity index (χ0n) is 16.8. The SMILES string of the molecule is C1=C2CCCCCCCCCCCC=1CCCCCOCCCCC2. The molecule has 0 atom stereocenters. The Morgan fingerprint density at radius 3 is 1.12 bits per heavy atom. The van der Waals surface area contributed by atoms with Crippen molar-refractivity contribution in [1.29, 1.82) is 0 Å². The summed E-state index contributed by atoms with van der Waals surface area (Å²) in [5.41, 5.74) is 7.25. The van der Waals surface area contributed by atoms with Crippen LogP contribution in [0, 0.1) is 0 Å². The maximum absolute atomic E-state index is 5.78. The van der Waals surface area contributed by atoms with Crippen molar-refractivity contribution in [2.24, 2.45) is 0 Å². The van der Waals surface area contributed by atoms with Crippen LogP contribution in [0.1, 0.15) is 122 Å². The van der Waals surface area contributed by atoms with Gasteiger partial charge in [-0.3, -0.25) is 0 Å². The van der Waals surface area contributed by atoms with Gasteiger partial charge in [0.15, 0.2) is 0 Å². The molecule has 25 heavy (non-hydrogen) atoms. The lowest BCUT2D eigenvalue weighted by Gasteiger charge is -2.11. The highest BCUT2D eigenvalue weighted by Crippen LogP contribution is 2.23. The van der Waals surface area contributed by atoms with E-state index in [0.29, 0.717) is 0 Å². The molecular weight excluding hydrogens is 304 g/mol.